The van der Waals surface area contributed by atoms with Crippen molar-refractivity contribution in [3.05, 3.63) is 75.2 Å². The topological polar surface area (TPSA) is 83.7 Å². The first-order chi connectivity index (χ1) is 11.5. The van der Waals surface area contributed by atoms with Crippen LogP contribution in [0.25, 0.3) is 5.65 Å². The summed E-state index contributed by atoms with van der Waals surface area (Å²) in [6.45, 7) is 4.19. The molecule has 0 aliphatic carbocycles. The standard InChI is InChI=1S/C18H17N3O3/c1-11-5-3-7-13(9-11)10-19-15-14(18(23)24)17(22)21-8-4-6-12(2)16(21)20-15/h3-9,19H,10H2,1-2H3,(H,23,24). The molecule has 6 heteroatoms. The fraction of sp³-hybridized carbons (Fsp3) is 0.167. The molecule has 3 aromatic rings. The molecule has 3 rings (SSSR count). The number of anilines is 1. The molecule has 1 aromatic carbocycles. The van der Waals surface area contributed by atoms with Crippen LogP contribution in [-0.2, 0) is 6.54 Å². The van der Waals surface area contributed by atoms with Gasteiger partial charge >= 0.3 is 5.97 Å². The molecule has 24 heavy (non-hydrogen) atoms. The van der Waals surface area contributed by atoms with Gasteiger partial charge in [-0.15, -0.1) is 0 Å². The van der Waals surface area contributed by atoms with Crippen molar-refractivity contribution < 1.29 is 9.90 Å². The predicted molar refractivity (Wildman–Crippen MR) is 91.7 cm³/mol. The van der Waals surface area contributed by atoms with E-state index in [4.69, 9.17) is 0 Å². The molecule has 0 aliphatic rings. The molecule has 6 nitrogen and oxygen atoms in total. The minimum absolute atomic E-state index is 0.0864. The number of aromatic carboxylic acids is 1. The number of benzene rings is 1. The zero-order valence-electron chi connectivity index (χ0n) is 13.4. The Morgan fingerprint density at radius 3 is 2.75 bits per heavy atom. The van der Waals surface area contributed by atoms with Crippen molar-refractivity contribution in [2.75, 3.05) is 5.32 Å². The number of hydrogen-bond acceptors (Lipinski definition) is 4. The highest BCUT2D eigenvalue weighted by atomic mass is 16.4. The van der Waals surface area contributed by atoms with Crippen LogP contribution in [0.15, 0.2) is 47.4 Å². The van der Waals surface area contributed by atoms with Crippen LogP contribution in [0.3, 0.4) is 0 Å². The van der Waals surface area contributed by atoms with Gasteiger partial charge in [-0.2, -0.15) is 0 Å². The number of hydrogen-bond donors (Lipinski definition) is 2. The molecule has 0 saturated carbocycles. The van der Waals surface area contributed by atoms with Crippen LogP contribution in [0.4, 0.5) is 5.82 Å². The Balaban J connectivity index is 2.09. The van der Waals surface area contributed by atoms with Crippen LogP contribution < -0.4 is 10.9 Å². The molecule has 0 saturated heterocycles. The summed E-state index contributed by atoms with van der Waals surface area (Å²) in [6, 6.07) is 11.4. The molecule has 0 unspecified atom stereocenters. The van der Waals surface area contributed by atoms with Gasteiger partial charge in [0.25, 0.3) is 5.56 Å². The fourth-order valence-electron chi connectivity index (χ4n) is 2.63. The molecule has 0 atom stereocenters. The third kappa shape index (κ3) is 2.86. The maximum absolute atomic E-state index is 12.5. The van der Waals surface area contributed by atoms with Gasteiger partial charge in [0.15, 0.2) is 5.56 Å². The largest absolute Gasteiger partial charge is 0.477 e. The SMILES string of the molecule is Cc1cccc(CNc2nc3c(C)cccn3c(=O)c2C(=O)O)c1. The molecule has 0 amide bonds. The van der Waals surface area contributed by atoms with E-state index in [1.54, 1.807) is 6.07 Å². The lowest BCUT2D eigenvalue weighted by molar-refractivity contribution is 0.0695. The smallest absolute Gasteiger partial charge is 0.345 e. The summed E-state index contributed by atoms with van der Waals surface area (Å²) in [6.07, 6.45) is 1.52. The summed E-state index contributed by atoms with van der Waals surface area (Å²) >= 11 is 0. The number of carboxylic acids is 1. The average Bonchev–Trinajstić information content (AvgIpc) is 2.53. The quantitative estimate of drug-likeness (QED) is 0.771. The summed E-state index contributed by atoms with van der Waals surface area (Å²) in [7, 11) is 0. The number of aryl methyl sites for hydroxylation is 2. The fourth-order valence-corrected chi connectivity index (χ4v) is 2.63. The lowest BCUT2D eigenvalue weighted by atomic mass is 10.1. The first-order valence-corrected chi connectivity index (χ1v) is 7.52. The van der Waals surface area contributed by atoms with Gasteiger partial charge in [0.1, 0.15) is 11.5 Å². The van der Waals surface area contributed by atoms with Gasteiger partial charge in [-0.05, 0) is 31.0 Å². The maximum atomic E-state index is 12.5. The first-order valence-electron chi connectivity index (χ1n) is 7.52. The van der Waals surface area contributed by atoms with Crippen molar-refractivity contribution in [3.63, 3.8) is 0 Å². The Morgan fingerprint density at radius 1 is 1.25 bits per heavy atom. The van der Waals surface area contributed by atoms with Gasteiger partial charge in [0.2, 0.25) is 0 Å². The highest BCUT2D eigenvalue weighted by Crippen LogP contribution is 2.15. The van der Waals surface area contributed by atoms with E-state index in [0.717, 1.165) is 16.7 Å². The van der Waals surface area contributed by atoms with Crippen molar-refractivity contribution >= 4 is 17.4 Å². The predicted octanol–water partition coefficient (Wildman–Crippen LogP) is 2.62. The summed E-state index contributed by atoms with van der Waals surface area (Å²) in [5, 5.41) is 12.4. The van der Waals surface area contributed by atoms with E-state index in [9.17, 15) is 14.7 Å². The van der Waals surface area contributed by atoms with Crippen LogP contribution in [0, 0.1) is 13.8 Å². The van der Waals surface area contributed by atoms with E-state index in [0.29, 0.717) is 12.2 Å². The number of aromatic nitrogens is 2. The summed E-state index contributed by atoms with van der Waals surface area (Å²) in [5.74, 6) is -1.21. The van der Waals surface area contributed by atoms with Crippen molar-refractivity contribution in [1.29, 1.82) is 0 Å². The molecular weight excluding hydrogens is 306 g/mol. The van der Waals surface area contributed by atoms with Gasteiger partial charge in [-0.1, -0.05) is 35.9 Å². The highest BCUT2D eigenvalue weighted by molar-refractivity contribution is 5.93. The minimum atomic E-state index is -1.30. The number of nitrogens with zero attached hydrogens (tertiary/aromatic N) is 2. The zero-order chi connectivity index (χ0) is 17.3. The molecule has 2 aromatic heterocycles. The Labute approximate surface area is 138 Å². The highest BCUT2D eigenvalue weighted by Gasteiger charge is 2.19. The van der Waals surface area contributed by atoms with E-state index in [1.165, 1.54) is 10.6 Å². The van der Waals surface area contributed by atoms with Crippen LogP contribution in [0.5, 0.6) is 0 Å². The lowest BCUT2D eigenvalue weighted by Crippen LogP contribution is -2.26. The molecule has 0 fully saturated rings. The normalized spacial score (nSPS) is 10.8. The second-order valence-electron chi connectivity index (χ2n) is 5.67. The average molecular weight is 323 g/mol. The van der Waals surface area contributed by atoms with E-state index in [1.807, 2.05) is 44.2 Å². The van der Waals surface area contributed by atoms with Crippen molar-refractivity contribution in [1.82, 2.24) is 9.38 Å². The number of nitrogens with one attached hydrogen (secondary N) is 1. The molecule has 122 valence electrons. The minimum Gasteiger partial charge on any atom is -0.477 e. The first kappa shape index (κ1) is 15.7. The van der Waals surface area contributed by atoms with Gasteiger partial charge in [0.05, 0.1) is 0 Å². The van der Waals surface area contributed by atoms with Crippen molar-refractivity contribution in [2.45, 2.75) is 20.4 Å². The molecule has 0 aliphatic heterocycles. The van der Waals surface area contributed by atoms with Gasteiger partial charge < -0.3 is 10.4 Å². The van der Waals surface area contributed by atoms with Gasteiger partial charge in [-0.25, -0.2) is 9.78 Å². The van der Waals surface area contributed by atoms with Crippen LogP contribution in [0.2, 0.25) is 0 Å². The summed E-state index contributed by atoms with van der Waals surface area (Å²) in [4.78, 5) is 28.4. The lowest BCUT2D eigenvalue weighted by Gasteiger charge is -2.12. The van der Waals surface area contributed by atoms with Crippen LogP contribution >= 0.6 is 0 Å². The monoisotopic (exact) mass is 323 g/mol. The zero-order valence-corrected chi connectivity index (χ0v) is 13.4. The molecule has 2 heterocycles. The van der Waals surface area contributed by atoms with Gasteiger partial charge in [0, 0.05) is 12.7 Å². The van der Waals surface area contributed by atoms with E-state index < -0.39 is 11.5 Å². The summed E-state index contributed by atoms with van der Waals surface area (Å²) < 4.78 is 1.26. The number of carbonyl (C=O) groups is 1. The second-order valence-corrected chi connectivity index (χ2v) is 5.67. The van der Waals surface area contributed by atoms with Crippen LogP contribution in [0.1, 0.15) is 27.0 Å². The van der Waals surface area contributed by atoms with Gasteiger partial charge in [-0.3, -0.25) is 9.20 Å². The van der Waals surface area contributed by atoms with E-state index in [-0.39, 0.29) is 11.4 Å². The molecular formula is C18H17N3O3. The molecule has 0 radical (unpaired) electrons. The molecule has 2 N–H and O–H groups in total. The Morgan fingerprint density at radius 2 is 2.04 bits per heavy atom. The van der Waals surface area contributed by atoms with E-state index >= 15 is 0 Å². The molecule has 0 spiro atoms. The van der Waals surface area contributed by atoms with Crippen molar-refractivity contribution in [3.8, 4) is 0 Å². The maximum Gasteiger partial charge on any atom is 0.345 e. The Hall–Kier alpha value is -3.15. The Bertz CT molecular complexity index is 992. The van der Waals surface area contributed by atoms with Crippen molar-refractivity contribution in [2.24, 2.45) is 0 Å². The number of fused-ring (bicyclic) bond motifs is 1. The number of rotatable bonds is 4. The third-order valence-corrected chi connectivity index (χ3v) is 3.81. The Kier molecular flexibility index (Phi) is 4.04. The second kappa shape index (κ2) is 6.16. The van der Waals surface area contributed by atoms with E-state index in [2.05, 4.69) is 10.3 Å². The molecule has 0 bridgehead atoms. The number of carboxylic acid groups (broad SMARTS) is 1. The number of pyridine rings is 1. The third-order valence-electron chi connectivity index (χ3n) is 3.81. The van der Waals surface area contributed by atoms with Crippen LogP contribution in [-0.4, -0.2) is 20.5 Å². The summed E-state index contributed by atoms with van der Waals surface area (Å²) in [5.41, 5.74) is 2.38.